The van der Waals surface area contributed by atoms with Crippen molar-refractivity contribution in [2.45, 2.75) is 19.3 Å². The van der Waals surface area contributed by atoms with Gasteiger partial charge in [0.1, 0.15) is 0 Å². The second kappa shape index (κ2) is 9.90. The summed E-state index contributed by atoms with van der Waals surface area (Å²) in [5.74, 6) is 0.988. The molecule has 0 bridgehead atoms. The molecule has 158 valence electrons. The Balaban J connectivity index is 1.19. The molecule has 0 spiro atoms. The van der Waals surface area contributed by atoms with Crippen LogP contribution in [0.1, 0.15) is 28.8 Å². The van der Waals surface area contributed by atoms with Crippen molar-refractivity contribution in [3.63, 3.8) is 0 Å². The summed E-state index contributed by atoms with van der Waals surface area (Å²) in [7, 11) is 0. The van der Waals surface area contributed by atoms with Gasteiger partial charge in [0.2, 0.25) is 5.91 Å². The van der Waals surface area contributed by atoms with Gasteiger partial charge in [-0.1, -0.05) is 48.5 Å². The molecule has 2 aliphatic rings. The maximum absolute atomic E-state index is 12.8. The van der Waals surface area contributed by atoms with Crippen LogP contribution in [-0.4, -0.2) is 72.3 Å². The number of carbonyl (C=O) groups is 2. The number of benzene rings is 2. The summed E-state index contributed by atoms with van der Waals surface area (Å²) in [5, 5.41) is 0. The Kier molecular flexibility index (Phi) is 6.80. The van der Waals surface area contributed by atoms with Crippen molar-refractivity contribution < 1.29 is 9.59 Å². The number of hydrogen-bond acceptors (Lipinski definition) is 3. The Hall–Kier alpha value is -2.66. The van der Waals surface area contributed by atoms with Crippen LogP contribution in [0.3, 0.4) is 0 Å². The SMILES string of the molecule is O=C(CN1CCN(C(=O)c2ccccc2)CC1)N1CCC(Cc2ccccc2)CC1. The summed E-state index contributed by atoms with van der Waals surface area (Å²) in [6.45, 7) is 5.08. The van der Waals surface area contributed by atoms with Gasteiger partial charge in [-0.3, -0.25) is 14.5 Å². The van der Waals surface area contributed by atoms with Crippen molar-refractivity contribution in [1.82, 2.24) is 14.7 Å². The molecule has 5 heteroatoms. The van der Waals surface area contributed by atoms with Crippen LogP contribution < -0.4 is 0 Å². The van der Waals surface area contributed by atoms with E-state index >= 15 is 0 Å². The molecule has 0 aromatic heterocycles. The first kappa shape index (κ1) is 20.6. The zero-order chi connectivity index (χ0) is 20.8. The van der Waals surface area contributed by atoms with Gasteiger partial charge < -0.3 is 9.80 Å². The predicted octanol–water partition coefficient (Wildman–Crippen LogP) is 2.93. The van der Waals surface area contributed by atoms with Crippen molar-refractivity contribution in [3.8, 4) is 0 Å². The third-order valence-corrected chi connectivity index (χ3v) is 6.37. The van der Waals surface area contributed by atoms with Gasteiger partial charge >= 0.3 is 0 Å². The van der Waals surface area contributed by atoms with Crippen LogP contribution in [0.25, 0.3) is 0 Å². The van der Waals surface area contributed by atoms with E-state index < -0.39 is 0 Å². The molecule has 0 N–H and O–H groups in total. The molecule has 0 atom stereocenters. The molecule has 2 heterocycles. The van der Waals surface area contributed by atoms with Crippen LogP contribution in [0.4, 0.5) is 0 Å². The number of likely N-dealkylation sites (tertiary alicyclic amines) is 1. The molecule has 2 saturated heterocycles. The number of rotatable bonds is 5. The van der Waals surface area contributed by atoms with Crippen LogP contribution in [0.2, 0.25) is 0 Å². The first-order valence-corrected chi connectivity index (χ1v) is 11.1. The largest absolute Gasteiger partial charge is 0.342 e. The molecule has 2 aliphatic heterocycles. The minimum Gasteiger partial charge on any atom is -0.342 e. The number of piperidine rings is 1. The molecular formula is C25H31N3O2. The van der Waals surface area contributed by atoms with E-state index in [9.17, 15) is 9.59 Å². The van der Waals surface area contributed by atoms with Crippen molar-refractivity contribution in [2.24, 2.45) is 5.92 Å². The third kappa shape index (κ3) is 5.28. The van der Waals surface area contributed by atoms with Crippen molar-refractivity contribution >= 4 is 11.8 Å². The van der Waals surface area contributed by atoms with Gasteiger partial charge in [0.05, 0.1) is 6.54 Å². The van der Waals surface area contributed by atoms with Crippen molar-refractivity contribution in [1.29, 1.82) is 0 Å². The Morgan fingerprint density at radius 2 is 1.33 bits per heavy atom. The Morgan fingerprint density at radius 1 is 0.733 bits per heavy atom. The summed E-state index contributed by atoms with van der Waals surface area (Å²) in [6.07, 6.45) is 3.28. The van der Waals surface area contributed by atoms with E-state index in [2.05, 4.69) is 35.2 Å². The summed E-state index contributed by atoms with van der Waals surface area (Å²) in [6, 6.07) is 20.1. The lowest BCUT2D eigenvalue weighted by atomic mass is 9.90. The minimum atomic E-state index is 0.0852. The number of hydrogen-bond donors (Lipinski definition) is 0. The van der Waals surface area contributed by atoms with Gasteiger partial charge in [-0.25, -0.2) is 0 Å². The first-order chi connectivity index (χ1) is 14.7. The van der Waals surface area contributed by atoms with Gasteiger partial charge in [0.25, 0.3) is 5.91 Å². The fourth-order valence-corrected chi connectivity index (χ4v) is 4.50. The van der Waals surface area contributed by atoms with Crippen LogP contribution in [0, 0.1) is 5.92 Å². The van der Waals surface area contributed by atoms with Crippen LogP contribution in [-0.2, 0) is 11.2 Å². The van der Waals surface area contributed by atoms with Crippen LogP contribution in [0.15, 0.2) is 60.7 Å². The zero-order valence-electron chi connectivity index (χ0n) is 17.6. The van der Waals surface area contributed by atoms with E-state index in [-0.39, 0.29) is 11.8 Å². The van der Waals surface area contributed by atoms with Crippen molar-refractivity contribution in [2.75, 3.05) is 45.8 Å². The Labute approximate surface area is 179 Å². The highest BCUT2D eigenvalue weighted by Crippen LogP contribution is 2.22. The second-order valence-corrected chi connectivity index (χ2v) is 8.45. The zero-order valence-corrected chi connectivity index (χ0v) is 17.6. The summed E-state index contributed by atoms with van der Waals surface area (Å²) < 4.78 is 0. The summed E-state index contributed by atoms with van der Waals surface area (Å²) in [4.78, 5) is 31.5. The quantitative estimate of drug-likeness (QED) is 0.768. The number of carbonyl (C=O) groups excluding carboxylic acids is 2. The highest BCUT2D eigenvalue weighted by molar-refractivity contribution is 5.94. The summed E-state index contributed by atoms with van der Waals surface area (Å²) >= 11 is 0. The van der Waals surface area contributed by atoms with Crippen molar-refractivity contribution in [3.05, 3.63) is 71.8 Å². The topological polar surface area (TPSA) is 43.9 Å². The minimum absolute atomic E-state index is 0.0852. The molecule has 0 unspecified atom stereocenters. The van der Waals surface area contributed by atoms with Crippen LogP contribution in [0.5, 0.6) is 0 Å². The number of amides is 2. The second-order valence-electron chi connectivity index (χ2n) is 8.45. The van der Waals surface area contributed by atoms with Gasteiger partial charge in [-0.15, -0.1) is 0 Å². The highest BCUT2D eigenvalue weighted by atomic mass is 16.2. The molecule has 5 nitrogen and oxygen atoms in total. The standard InChI is InChI=1S/C25H31N3O2/c29-24(27-13-11-22(12-14-27)19-21-7-3-1-4-8-21)20-26-15-17-28(18-16-26)25(30)23-9-5-2-6-10-23/h1-10,22H,11-20H2. The molecule has 0 radical (unpaired) electrons. The predicted molar refractivity (Wildman–Crippen MR) is 118 cm³/mol. The monoisotopic (exact) mass is 405 g/mol. The molecular weight excluding hydrogens is 374 g/mol. The smallest absolute Gasteiger partial charge is 0.253 e. The van der Waals surface area contributed by atoms with E-state index in [1.54, 1.807) is 0 Å². The van der Waals surface area contributed by atoms with Gasteiger partial charge in [-0.2, -0.15) is 0 Å². The van der Waals surface area contributed by atoms with Gasteiger partial charge in [0.15, 0.2) is 0 Å². The molecule has 2 fully saturated rings. The molecule has 2 aromatic carbocycles. The molecule has 30 heavy (non-hydrogen) atoms. The lowest BCUT2D eigenvalue weighted by Gasteiger charge is -2.37. The highest BCUT2D eigenvalue weighted by Gasteiger charge is 2.27. The lowest BCUT2D eigenvalue weighted by molar-refractivity contribution is -0.134. The normalized spacial score (nSPS) is 18.4. The van der Waals surface area contributed by atoms with E-state index in [0.29, 0.717) is 25.6 Å². The van der Waals surface area contributed by atoms with E-state index in [1.165, 1.54) is 5.56 Å². The lowest BCUT2D eigenvalue weighted by Crippen LogP contribution is -2.52. The molecule has 0 saturated carbocycles. The molecule has 2 amide bonds. The first-order valence-electron chi connectivity index (χ1n) is 11.1. The fourth-order valence-electron chi connectivity index (χ4n) is 4.50. The summed E-state index contributed by atoms with van der Waals surface area (Å²) in [5.41, 5.74) is 2.13. The average molecular weight is 406 g/mol. The van der Waals surface area contributed by atoms with E-state index in [4.69, 9.17) is 0 Å². The Bertz CT molecular complexity index is 824. The van der Waals surface area contributed by atoms with Gasteiger partial charge in [-0.05, 0) is 42.9 Å². The van der Waals surface area contributed by atoms with Crippen LogP contribution >= 0.6 is 0 Å². The maximum Gasteiger partial charge on any atom is 0.253 e. The van der Waals surface area contributed by atoms with E-state index in [0.717, 1.165) is 51.0 Å². The number of nitrogens with zero attached hydrogens (tertiary/aromatic N) is 3. The average Bonchev–Trinajstić information content (AvgIpc) is 2.81. The molecule has 0 aliphatic carbocycles. The fraction of sp³-hybridized carbons (Fsp3) is 0.440. The van der Waals surface area contributed by atoms with E-state index in [1.807, 2.05) is 40.1 Å². The molecule has 2 aromatic rings. The third-order valence-electron chi connectivity index (χ3n) is 6.37. The Morgan fingerprint density at radius 3 is 1.97 bits per heavy atom. The molecule has 4 rings (SSSR count). The van der Waals surface area contributed by atoms with Gasteiger partial charge in [0, 0.05) is 44.8 Å². The number of piperazine rings is 1. The maximum atomic E-state index is 12.8.